The number of carboxylic acid groups (broad SMARTS) is 1. The second kappa shape index (κ2) is 23.7. The number of aliphatic hydroxyl groups is 1. The second-order valence-corrected chi connectivity index (χ2v) is 9.09. The minimum absolute atomic E-state index is 0.0538. The SMILES string of the molecule is CCCC(O)CCCCCCCCCCCCCCCCCCCCCC(=O)O. The summed E-state index contributed by atoms with van der Waals surface area (Å²) >= 11 is 0. The van der Waals surface area contributed by atoms with E-state index in [9.17, 15) is 9.90 Å². The smallest absolute Gasteiger partial charge is 0.303 e. The Labute approximate surface area is 182 Å². The molecule has 0 aliphatic carbocycles. The van der Waals surface area contributed by atoms with E-state index in [1.165, 1.54) is 109 Å². The van der Waals surface area contributed by atoms with Gasteiger partial charge in [0, 0.05) is 6.42 Å². The number of unbranched alkanes of at least 4 members (excludes halogenated alkanes) is 18. The van der Waals surface area contributed by atoms with Gasteiger partial charge in [0.1, 0.15) is 0 Å². The minimum atomic E-state index is -0.657. The lowest BCUT2D eigenvalue weighted by atomic mass is 10.0. The average Bonchev–Trinajstić information content (AvgIpc) is 2.69. The Morgan fingerprint density at radius 3 is 1.17 bits per heavy atom. The first-order valence-electron chi connectivity index (χ1n) is 13.1. The maximum absolute atomic E-state index is 10.4. The van der Waals surface area contributed by atoms with E-state index in [1.54, 1.807) is 0 Å². The number of hydrogen-bond donors (Lipinski definition) is 2. The zero-order valence-corrected chi connectivity index (χ0v) is 19.6. The van der Waals surface area contributed by atoms with Crippen molar-refractivity contribution in [2.45, 2.75) is 161 Å². The highest BCUT2D eigenvalue weighted by atomic mass is 16.4. The van der Waals surface area contributed by atoms with Crippen LogP contribution in [-0.4, -0.2) is 22.3 Å². The molecule has 0 fully saturated rings. The first-order chi connectivity index (χ1) is 14.2. The molecule has 3 nitrogen and oxygen atoms in total. The summed E-state index contributed by atoms with van der Waals surface area (Å²) in [6.45, 7) is 2.14. The first kappa shape index (κ1) is 28.4. The van der Waals surface area contributed by atoms with Crippen molar-refractivity contribution in [3.8, 4) is 0 Å². The summed E-state index contributed by atoms with van der Waals surface area (Å²) in [6.07, 6.45) is 28.3. The number of carbonyl (C=O) groups is 1. The third kappa shape index (κ3) is 25.4. The summed E-state index contributed by atoms with van der Waals surface area (Å²) in [7, 11) is 0. The predicted molar refractivity (Wildman–Crippen MR) is 126 cm³/mol. The van der Waals surface area contributed by atoms with Crippen LogP contribution in [0.1, 0.15) is 155 Å². The van der Waals surface area contributed by atoms with Gasteiger partial charge in [-0.15, -0.1) is 0 Å². The quantitative estimate of drug-likeness (QED) is 0.156. The normalized spacial score (nSPS) is 12.3. The molecule has 174 valence electrons. The van der Waals surface area contributed by atoms with Gasteiger partial charge in [-0.2, -0.15) is 0 Å². The largest absolute Gasteiger partial charge is 0.481 e. The summed E-state index contributed by atoms with van der Waals surface area (Å²) in [5.74, 6) is -0.657. The fourth-order valence-corrected chi connectivity index (χ4v) is 4.14. The Morgan fingerprint density at radius 2 is 0.862 bits per heavy atom. The number of aliphatic carboxylic acids is 1. The van der Waals surface area contributed by atoms with Crippen molar-refractivity contribution in [1.82, 2.24) is 0 Å². The second-order valence-electron chi connectivity index (χ2n) is 9.09. The molecule has 0 heterocycles. The van der Waals surface area contributed by atoms with Crippen molar-refractivity contribution in [3.05, 3.63) is 0 Å². The Hall–Kier alpha value is -0.570. The van der Waals surface area contributed by atoms with E-state index in [0.29, 0.717) is 6.42 Å². The number of rotatable bonds is 24. The zero-order chi connectivity index (χ0) is 21.4. The lowest BCUT2D eigenvalue weighted by molar-refractivity contribution is -0.137. The van der Waals surface area contributed by atoms with E-state index in [-0.39, 0.29) is 6.10 Å². The Bertz CT molecular complexity index is 330. The molecular weight excluding hydrogens is 360 g/mol. The molecule has 1 unspecified atom stereocenters. The number of carboxylic acids is 1. The molecule has 0 spiro atoms. The van der Waals surface area contributed by atoms with Gasteiger partial charge in [0.05, 0.1) is 6.10 Å². The summed E-state index contributed by atoms with van der Waals surface area (Å²) < 4.78 is 0. The van der Waals surface area contributed by atoms with E-state index in [4.69, 9.17) is 5.11 Å². The van der Waals surface area contributed by atoms with Crippen molar-refractivity contribution in [1.29, 1.82) is 0 Å². The maximum Gasteiger partial charge on any atom is 0.303 e. The van der Waals surface area contributed by atoms with E-state index in [2.05, 4.69) is 6.92 Å². The van der Waals surface area contributed by atoms with Crippen LogP contribution >= 0.6 is 0 Å². The van der Waals surface area contributed by atoms with Gasteiger partial charge in [-0.1, -0.05) is 129 Å². The molecule has 0 aromatic carbocycles. The van der Waals surface area contributed by atoms with E-state index >= 15 is 0 Å². The molecule has 0 amide bonds. The molecular formula is C26H52O3. The zero-order valence-electron chi connectivity index (χ0n) is 19.6. The van der Waals surface area contributed by atoms with Crippen molar-refractivity contribution in [3.63, 3.8) is 0 Å². The summed E-state index contributed by atoms with van der Waals surface area (Å²) in [4.78, 5) is 10.4. The summed E-state index contributed by atoms with van der Waals surface area (Å²) in [5, 5.41) is 18.3. The molecule has 3 heteroatoms. The first-order valence-corrected chi connectivity index (χ1v) is 13.1. The predicted octanol–water partition coefficient (Wildman–Crippen LogP) is 8.42. The number of aliphatic hydroxyl groups excluding tert-OH is 1. The topological polar surface area (TPSA) is 57.5 Å². The van der Waals surface area contributed by atoms with Gasteiger partial charge in [-0.25, -0.2) is 0 Å². The Balaban J connectivity index is 3.04. The third-order valence-corrected chi connectivity index (χ3v) is 6.05. The van der Waals surface area contributed by atoms with Crippen LogP contribution in [0.15, 0.2) is 0 Å². The molecule has 0 aromatic heterocycles. The molecule has 0 saturated heterocycles. The molecule has 0 saturated carbocycles. The van der Waals surface area contributed by atoms with E-state index in [0.717, 1.165) is 32.1 Å². The molecule has 0 aliphatic heterocycles. The highest BCUT2D eigenvalue weighted by Gasteiger charge is 2.01. The third-order valence-electron chi connectivity index (χ3n) is 6.05. The monoisotopic (exact) mass is 412 g/mol. The Morgan fingerprint density at radius 1 is 0.552 bits per heavy atom. The lowest BCUT2D eigenvalue weighted by Crippen LogP contribution is -2.04. The van der Waals surface area contributed by atoms with Gasteiger partial charge < -0.3 is 10.2 Å². The molecule has 1 atom stereocenters. The fraction of sp³-hybridized carbons (Fsp3) is 0.962. The van der Waals surface area contributed by atoms with Crippen molar-refractivity contribution >= 4 is 5.97 Å². The van der Waals surface area contributed by atoms with Crippen LogP contribution in [-0.2, 0) is 4.79 Å². The van der Waals surface area contributed by atoms with Gasteiger partial charge in [0.2, 0.25) is 0 Å². The molecule has 0 aromatic rings. The lowest BCUT2D eigenvalue weighted by Gasteiger charge is -2.08. The molecule has 29 heavy (non-hydrogen) atoms. The van der Waals surface area contributed by atoms with Crippen molar-refractivity contribution < 1.29 is 15.0 Å². The number of hydrogen-bond acceptors (Lipinski definition) is 2. The highest BCUT2D eigenvalue weighted by molar-refractivity contribution is 5.66. The van der Waals surface area contributed by atoms with Crippen LogP contribution in [0.4, 0.5) is 0 Å². The van der Waals surface area contributed by atoms with Gasteiger partial charge in [-0.3, -0.25) is 4.79 Å². The van der Waals surface area contributed by atoms with Gasteiger partial charge in [0.15, 0.2) is 0 Å². The van der Waals surface area contributed by atoms with Crippen LogP contribution in [0.25, 0.3) is 0 Å². The van der Waals surface area contributed by atoms with Crippen LogP contribution in [0.5, 0.6) is 0 Å². The molecule has 0 rings (SSSR count). The van der Waals surface area contributed by atoms with Crippen molar-refractivity contribution in [2.24, 2.45) is 0 Å². The van der Waals surface area contributed by atoms with Gasteiger partial charge in [0.25, 0.3) is 0 Å². The molecule has 0 aliphatic rings. The van der Waals surface area contributed by atoms with Crippen LogP contribution in [0.2, 0.25) is 0 Å². The summed E-state index contributed by atoms with van der Waals surface area (Å²) in [6, 6.07) is 0. The van der Waals surface area contributed by atoms with Crippen LogP contribution < -0.4 is 0 Å². The summed E-state index contributed by atoms with van der Waals surface area (Å²) in [5.41, 5.74) is 0. The van der Waals surface area contributed by atoms with Crippen LogP contribution in [0, 0.1) is 0 Å². The molecule has 2 N–H and O–H groups in total. The highest BCUT2D eigenvalue weighted by Crippen LogP contribution is 2.15. The molecule has 0 radical (unpaired) electrons. The van der Waals surface area contributed by atoms with E-state index < -0.39 is 5.97 Å². The fourth-order valence-electron chi connectivity index (χ4n) is 4.14. The van der Waals surface area contributed by atoms with Gasteiger partial charge >= 0.3 is 5.97 Å². The average molecular weight is 413 g/mol. The minimum Gasteiger partial charge on any atom is -0.481 e. The van der Waals surface area contributed by atoms with E-state index in [1.807, 2.05) is 0 Å². The maximum atomic E-state index is 10.4. The van der Waals surface area contributed by atoms with Crippen LogP contribution in [0.3, 0.4) is 0 Å². The van der Waals surface area contributed by atoms with Gasteiger partial charge in [-0.05, 0) is 19.3 Å². The molecule has 0 bridgehead atoms. The van der Waals surface area contributed by atoms with Crippen molar-refractivity contribution in [2.75, 3.05) is 0 Å². The Kier molecular flexibility index (Phi) is 23.2. The standard InChI is InChI=1S/C26H52O3/c1-2-22-25(27)23-20-18-16-14-12-10-8-6-4-3-5-7-9-11-13-15-17-19-21-24-26(28)29/h25,27H,2-24H2,1H3,(H,28,29).